The monoisotopic (exact) mass is 531 g/mol. The number of aryl methyl sites for hydroxylation is 1. The molecule has 39 heavy (non-hydrogen) atoms. The van der Waals surface area contributed by atoms with Gasteiger partial charge < -0.3 is 14.8 Å². The molecule has 0 bridgehead atoms. The van der Waals surface area contributed by atoms with Crippen LogP contribution < -0.4 is 5.32 Å². The van der Waals surface area contributed by atoms with Gasteiger partial charge in [0, 0.05) is 46.7 Å². The maximum Gasteiger partial charge on any atom is 0.243 e. The highest BCUT2D eigenvalue weighted by molar-refractivity contribution is 6.08. The number of halogens is 1. The summed E-state index contributed by atoms with van der Waals surface area (Å²) in [6.45, 7) is 10.3. The molecule has 2 fully saturated rings. The summed E-state index contributed by atoms with van der Waals surface area (Å²) in [6, 6.07) is 4.30. The average molecular weight is 532 g/mol. The Labute approximate surface area is 227 Å². The van der Waals surface area contributed by atoms with Crippen LogP contribution in [0.3, 0.4) is 0 Å². The van der Waals surface area contributed by atoms with E-state index in [-0.39, 0.29) is 41.4 Å². The standard InChI is InChI=1S/C30H34FN5O3/c1-16(2)28(31)17(3)34-29(39)25-10-30(6)11-26(30)36(25)27(38)15-35-14-23(18(4)37)22-9-20(7-8-24(22)35)21-12-32-19(5)33-13-21/h7-9,12-14,17,25-26H,10-11,15H2,1-6H3,(H,34,39)/t17-,25-,26+,30-/m0/s1. The fraction of sp³-hybridized carbons (Fsp3) is 0.433. The smallest absolute Gasteiger partial charge is 0.243 e. The lowest BCUT2D eigenvalue weighted by molar-refractivity contribution is -0.140. The largest absolute Gasteiger partial charge is 0.345 e. The number of hydrogen-bond acceptors (Lipinski definition) is 5. The van der Waals surface area contributed by atoms with Crippen molar-refractivity contribution in [2.45, 2.75) is 79.1 Å². The van der Waals surface area contributed by atoms with Crippen LogP contribution in [0.15, 0.2) is 48.2 Å². The van der Waals surface area contributed by atoms with Crippen molar-refractivity contribution < 1.29 is 18.8 Å². The molecule has 5 rings (SSSR count). The van der Waals surface area contributed by atoms with Gasteiger partial charge in [0.25, 0.3) is 0 Å². The molecule has 3 aromatic rings. The Balaban J connectivity index is 1.42. The van der Waals surface area contributed by atoms with Gasteiger partial charge in [0.15, 0.2) is 5.78 Å². The number of ketones is 1. The minimum Gasteiger partial charge on any atom is -0.345 e. The third-order valence-corrected chi connectivity index (χ3v) is 8.12. The first-order valence-corrected chi connectivity index (χ1v) is 13.3. The molecule has 3 heterocycles. The summed E-state index contributed by atoms with van der Waals surface area (Å²) in [5, 5.41) is 3.50. The first-order valence-electron chi connectivity index (χ1n) is 13.3. The highest BCUT2D eigenvalue weighted by Gasteiger charge is 2.64. The zero-order valence-corrected chi connectivity index (χ0v) is 23.2. The van der Waals surface area contributed by atoms with Crippen molar-refractivity contribution in [3.8, 4) is 11.1 Å². The van der Waals surface area contributed by atoms with Crippen molar-refractivity contribution in [1.82, 2.24) is 24.8 Å². The zero-order chi connectivity index (χ0) is 28.2. The maximum atomic E-state index is 14.4. The molecule has 204 valence electrons. The molecule has 1 aliphatic heterocycles. The van der Waals surface area contributed by atoms with E-state index in [1.54, 1.807) is 48.8 Å². The van der Waals surface area contributed by atoms with Crippen molar-refractivity contribution in [2.75, 3.05) is 0 Å². The molecule has 2 aromatic heterocycles. The minimum absolute atomic E-state index is 0.00891. The molecule has 1 N–H and O–H groups in total. The van der Waals surface area contributed by atoms with Gasteiger partial charge >= 0.3 is 0 Å². The fourth-order valence-electron chi connectivity index (χ4n) is 5.82. The van der Waals surface area contributed by atoms with Crippen molar-refractivity contribution in [3.63, 3.8) is 0 Å². The van der Waals surface area contributed by atoms with E-state index in [1.165, 1.54) is 6.92 Å². The first-order chi connectivity index (χ1) is 18.4. The molecular formula is C30H34FN5O3. The highest BCUT2D eigenvalue weighted by atomic mass is 19.1. The van der Waals surface area contributed by atoms with E-state index in [1.807, 2.05) is 25.1 Å². The van der Waals surface area contributed by atoms with Gasteiger partial charge in [-0.3, -0.25) is 14.4 Å². The molecule has 0 radical (unpaired) electrons. The van der Waals surface area contributed by atoms with Crippen LogP contribution in [0.25, 0.3) is 22.0 Å². The molecule has 2 amide bonds. The second-order valence-electron chi connectivity index (χ2n) is 11.5. The van der Waals surface area contributed by atoms with Gasteiger partial charge in [-0.25, -0.2) is 14.4 Å². The third-order valence-electron chi connectivity index (χ3n) is 8.12. The molecule has 9 heteroatoms. The molecule has 1 aliphatic carbocycles. The van der Waals surface area contributed by atoms with E-state index < -0.39 is 12.1 Å². The summed E-state index contributed by atoms with van der Waals surface area (Å²) in [6.07, 6.45) is 6.59. The zero-order valence-electron chi connectivity index (χ0n) is 23.2. The molecule has 0 spiro atoms. The van der Waals surface area contributed by atoms with Crippen LogP contribution in [0.2, 0.25) is 0 Å². The van der Waals surface area contributed by atoms with Crippen molar-refractivity contribution in [2.24, 2.45) is 5.41 Å². The lowest BCUT2D eigenvalue weighted by Gasteiger charge is -2.28. The number of allylic oxidation sites excluding steroid dienone is 1. The van der Waals surface area contributed by atoms with Crippen molar-refractivity contribution in [3.05, 3.63) is 59.6 Å². The van der Waals surface area contributed by atoms with E-state index in [4.69, 9.17) is 0 Å². The number of nitrogens with zero attached hydrogens (tertiary/aromatic N) is 4. The van der Waals surface area contributed by atoms with Crippen LogP contribution in [-0.2, 0) is 16.1 Å². The molecule has 1 saturated carbocycles. The number of carbonyl (C=O) groups is 3. The number of rotatable bonds is 7. The summed E-state index contributed by atoms with van der Waals surface area (Å²) in [7, 11) is 0. The Hall–Kier alpha value is -3.88. The van der Waals surface area contributed by atoms with Crippen molar-refractivity contribution >= 4 is 28.5 Å². The second kappa shape index (κ2) is 9.70. The Morgan fingerprint density at radius 3 is 2.46 bits per heavy atom. The topological polar surface area (TPSA) is 97.2 Å². The second-order valence-corrected chi connectivity index (χ2v) is 11.5. The van der Waals surface area contributed by atoms with Gasteiger partial charge in [0.2, 0.25) is 11.8 Å². The Bertz CT molecular complexity index is 1520. The first kappa shape index (κ1) is 26.7. The number of piperidine rings is 1. The Morgan fingerprint density at radius 2 is 1.82 bits per heavy atom. The highest BCUT2D eigenvalue weighted by Crippen LogP contribution is 2.59. The summed E-state index contributed by atoms with van der Waals surface area (Å²) >= 11 is 0. The van der Waals surface area contributed by atoms with Gasteiger partial charge in [-0.2, -0.15) is 0 Å². The SMILES string of the molecule is CC(=O)c1cn(CC(=O)N2[C@H](C(=O)N[C@@H](C)C(F)=C(C)C)C[C@@]3(C)C[C@@H]23)c2ccc(-c3cnc(C)nc3)cc12. The van der Waals surface area contributed by atoms with Gasteiger partial charge in [-0.05, 0) is 76.1 Å². The molecule has 1 aromatic carbocycles. The lowest BCUT2D eigenvalue weighted by atomic mass is 10.0. The maximum absolute atomic E-state index is 14.4. The lowest BCUT2D eigenvalue weighted by Crippen LogP contribution is -2.50. The third kappa shape index (κ3) is 4.86. The van der Waals surface area contributed by atoms with Gasteiger partial charge in [0.1, 0.15) is 24.2 Å². The van der Waals surface area contributed by atoms with E-state index in [2.05, 4.69) is 22.2 Å². The molecule has 2 aliphatic rings. The quantitative estimate of drug-likeness (QED) is 0.444. The van der Waals surface area contributed by atoms with Crippen LogP contribution >= 0.6 is 0 Å². The van der Waals surface area contributed by atoms with Crippen molar-refractivity contribution in [1.29, 1.82) is 0 Å². The van der Waals surface area contributed by atoms with Crippen LogP contribution in [-0.4, -0.2) is 55.2 Å². The van der Waals surface area contributed by atoms with Crippen LogP contribution in [0.4, 0.5) is 4.39 Å². The molecule has 8 nitrogen and oxygen atoms in total. The fourth-order valence-corrected chi connectivity index (χ4v) is 5.82. The number of fused-ring (bicyclic) bond motifs is 2. The number of Topliss-reactive ketones (excluding diaryl/α,β-unsaturated/α-hetero) is 1. The minimum atomic E-state index is -0.760. The summed E-state index contributed by atoms with van der Waals surface area (Å²) < 4.78 is 16.2. The van der Waals surface area contributed by atoms with Gasteiger partial charge in [0.05, 0.1) is 6.04 Å². The van der Waals surface area contributed by atoms with Crippen LogP contribution in [0.1, 0.15) is 63.6 Å². The predicted octanol–water partition coefficient (Wildman–Crippen LogP) is 4.76. The summed E-state index contributed by atoms with van der Waals surface area (Å²) in [4.78, 5) is 49.7. The van der Waals surface area contributed by atoms with Gasteiger partial charge in [-0.15, -0.1) is 0 Å². The number of benzene rings is 1. The molecule has 1 saturated heterocycles. The molecular weight excluding hydrogens is 497 g/mol. The van der Waals surface area contributed by atoms with E-state index in [0.29, 0.717) is 23.4 Å². The van der Waals surface area contributed by atoms with E-state index >= 15 is 0 Å². The van der Waals surface area contributed by atoms with Gasteiger partial charge in [-0.1, -0.05) is 13.0 Å². The number of hydrogen-bond donors (Lipinski definition) is 1. The molecule has 0 unspecified atom stereocenters. The van der Waals surface area contributed by atoms with Crippen LogP contribution in [0.5, 0.6) is 0 Å². The summed E-state index contributed by atoms with van der Waals surface area (Å²) in [5.74, 6) is -0.340. The Kier molecular flexibility index (Phi) is 6.64. The molecule has 4 atom stereocenters. The normalized spacial score (nSPS) is 22.4. The van der Waals surface area contributed by atoms with E-state index in [0.717, 1.165) is 28.5 Å². The average Bonchev–Trinajstić information content (AvgIpc) is 3.25. The number of nitrogens with one attached hydrogen (secondary N) is 1. The Morgan fingerprint density at radius 1 is 1.13 bits per heavy atom. The predicted molar refractivity (Wildman–Crippen MR) is 147 cm³/mol. The van der Waals surface area contributed by atoms with Crippen LogP contribution in [0, 0.1) is 12.3 Å². The summed E-state index contributed by atoms with van der Waals surface area (Å²) in [5.41, 5.74) is 3.38. The number of aromatic nitrogens is 3. The number of amides is 2. The number of carbonyl (C=O) groups excluding carboxylic acids is 3. The van der Waals surface area contributed by atoms with E-state index in [9.17, 15) is 18.8 Å². The number of likely N-dealkylation sites (tertiary alicyclic amines) is 1.